The van der Waals surface area contributed by atoms with E-state index >= 15 is 0 Å². The summed E-state index contributed by atoms with van der Waals surface area (Å²) < 4.78 is 2.24. The first-order valence-corrected chi connectivity index (χ1v) is 13.9. The quantitative estimate of drug-likeness (QED) is 0.223. The molecule has 0 aliphatic heterocycles. The molecule has 41 heavy (non-hydrogen) atoms. The molecule has 5 aromatic carbocycles. The van der Waals surface area contributed by atoms with Crippen molar-refractivity contribution in [3.63, 3.8) is 0 Å². The van der Waals surface area contributed by atoms with E-state index in [-0.39, 0.29) is 0 Å². The molecule has 0 saturated heterocycles. The summed E-state index contributed by atoms with van der Waals surface area (Å²) in [6.07, 6.45) is 0. The predicted molar refractivity (Wildman–Crippen MR) is 175 cm³/mol. The molecule has 3 heteroatoms. The molecule has 0 amide bonds. The number of aromatic nitrogens is 3. The number of benzene rings is 5. The van der Waals surface area contributed by atoms with Gasteiger partial charge in [-0.2, -0.15) is 0 Å². The molecular formula is C38H33N3. The number of hydrogen-bond donors (Lipinski definition) is 2. The highest BCUT2D eigenvalue weighted by atomic mass is 14.9. The van der Waals surface area contributed by atoms with E-state index in [1.54, 1.807) is 0 Å². The third-order valence-corrected chi connectivity index (χ3v) is 7.30. The zero-order valence-corrected chi connectivity index (χ0v) is 23.4. The van der Waals surface area contributed by atoms with Gasteiger partial charge in [0.05, 0.1) is 0 Å². The average molecular weight is 532 g/mol. The van der Waals surface area contributed by atoms with E-state index in [0.717, 1.165) is 0 Å². The normalized spacial score (nSPS) is 10.7. The summed E-state index contributed by atoms with van der Waals surface area (Å²) in [6, 6.07) is 52.5. The van der Waals surface area contributed by atoms with Gasteiger partial charge in [0, 0.05) is 51.5 Å². The Labute approximate surface area is 240 Å². The van der Waals surface area contributed by atoms with Crippen LogP contribution in [0.5, 0.6) is 0 Å². The van der Waals surface area contributed by atoms with Gasteiger partial charge >= 0.3 is 0 Å². The maximum atomic E-state index is 3.41. The van der Waals surface area contributed by atoms with E-state index in [0.29, 0.717) is 0 Å². The summed E-state index contributed by atoms with van der Waals surface area (Å²) in [5.41, 5.74) is 9.85. The molecule has 2 N–H and O–H groups in total. The number of nitrogens with zero attached hydrogens (tertiary/aromatic N) is 1. The lowest BCUT2D eigenvalue weighted by Gasteiger charge is -2.03. The Morgan fingerprint density at radius 3 is 1.59 bits per heavy atom. The van der Waals surface area contributed by atoms with Crippen LogP contribution < -0.4 is 0 Å². The van der Waals surface area contributed by atoms with Gasteiger partial charge in [0.2, 0.25) is 0 Å². The van der Waals surface area contributed by atoms with E-state index in [9.17, 15) is 0 Å². The zero-order valence-electron chi connectivity index (χ0n) is 23.4. The number of rotatable bonds is 2. The molecule has 0 spiro atoms. The molecule has 0 unspecified atom stereocenters. The first-order valence-electron chi connectivity index (χ1n) is 13.9. The third kappa shape index (κ3) is 5.85. The van der Waals surface area contributed by atoms with Gasteiger partial charge < -0.3 is 14.5 Å². The van der Waals surface area contributed by atoms with Crippen LogP contribution in [-0.4, -0.2) is 14.5 Å². The molecule has 200 valence electrons. The minimum atomic E-state index is 1.18. The third-order valence-electron chi connectivity index (χ3n) is 7.30. The van der Waals surface area contributed by atoms with Gasteiger partial charge in [-0.3, -0.25) is 0 Å². The Balaban J connectivity index is 0.000000114. The van der Waals surface area contributed by atoms with E-state index in [1.165, 1.54) is 60.9 Å². The van der Waals surface area contributed by atoms with Crippen LogP contribution in [-0.2, 0) is 7.05 Å². The molecule has 8 rings (SSSR count). The Hall–Kier alpha value is -5.28. The standard InChI is InChI=1S/C15H13N.C14H11N.C9H9N/c1-16-14-10-6-5-9-13(14)11-15(16)12-7-3-2-4-8-12;1-2-6-11(7-3-1)14-10-12-8-4-5-9-13(12)15-14;1-7-6-8-4-2-3-5-9(8)10-7/h2-11H,1H3;1-10,15H;2-6,10H,1H3. The zero-order chi connectivity index (χ0) is 28.0. The average Bonchev–Trinajstić information content (AvgIpc) is 3.73. The topological polar surface area (TPSA) is 36.5 Å². The summed E-state index contributed by atoms with van der Waals surface area (Å²) in [4.78, 5) is 6.67. The summed E-state index contributed by atoms with van der Waals surface area (Å²) >= 11 is 0. The largest absolute Gasteiger partial charge is 0.359 e. The fraction of sp³-hybridized carbons (Fsp3) is 0.0526. The number of H-pyrrole nitrogens is 2. The predicted octanol–water partition coefficient (Wildman–Crippen LogP) is 10.2. The van der Waals surface area contributed by atoms with Gasteiger partial charge in [-0.1, -0.05) is 115 Å². The van der Waals surface area contributed by atoms with Gasteiger partial charge in [0.1, 0.15) is 0 Å². The Morgan fingerprint density at radius 2 is 0.976 bits per heavy atom. The first kappa shape index (κ1) is 26.0. The van der Waals surface area contributed by atoms with E-state index < -0.39 is 0 Å². The molecule has 0 saturated carbocycles. The van der Waals surface area contributed by atoms with Crippen molar-refractivity contribution in [3.05, 3.63) is 157 Å². The molecule has 3 heterocycles. The number of aromatic amines is 2. The molecule has 0 atom stereocenters. The van der Waals surface area contributed by atoms with Crippen LogP contribution in [0.3, 0.4) is 0 Å². The van der Waals surface area contributed by atoms with E-state index in [2.05, 4.69) is 156 Å². The molecule has 0 fully saturated rings. The number of nitrogens with one attached hydrogen (secondary N) is 2. The SMILES string of the molecule is Cc1cc2ccccc2[nH]1.Cn1c(-c2ccccc2)cc2ccccc21.c1ccc(-c2cc3ccccc3[nH]2)cc1. The smallest absolute Gasteiger partial charge is 0.0488 e. The van der Waals surface area contributed by atoms with Gasteiger partial charge in [-0.05, 0) is 59.8 Å². The van der Waals surface area contributed by atoms with Crippen molar-refractivity contribution in [1.29, 1.82) is 0 Å². The molecule has 8 aromatic rings. The van der Waals surface area contributed by atoms with Gasteiger partial charge in [-0.25, -0.2) is 0 Å². The van der Waals surface area contributed by atoms with E-state index in [1.807, 2.05) is 24.3 Å². The van der Waals surface area contributed by atoms with E-state index in [4.69, 9.17) is 0 Å². The molecule has 0 aliphatic carbocycles. The van der Waals surface area contributed by atoms with Crippen LogP contribution in [0.1, 0.15) is 5.69 Å². The highest BCUT2D eigenvalue weighted by Gasteiger charge is 2.06. The first-order chi connectivity index (χ1) is 20.2. The molecular weight excluding hydrogens is 498 g/mol. The Morgan fingerprint density at radius 1 is 0.463 bits per heavy atom. The second-order valence-corrected chi connectivity index (χ2v) is 10.2. The number of para-hydroxylation sites is 3. The Kier molecular flexibility index (Phi) is 7.51. The number of hydrogen-bond acceptors (Lipinski definition) is 0. The number of aryl methyl sites for hydroxylation is 2. The highest BCUT2D eigenvalue weighted by Crippen LogP contribution is 2.27. The van der Waals surface area contributed by atoms with Crippen LogP contribution in [0.15, 0.2) is 152 Å². The minimum Gasteiger partial charge on any atom is -0.359 e. The monoisotopic (exact) mass is 531 g/mol. The lowest BCUT2D eigenvalue weighted by Crippen LogP contribution is -1.90. The van der Waals surface area contributed by atoms with Gasteiger partial charge in [0.25, 0.3) is 0 Å². The van der Waals surface area contributed by atoms with Crippen molar-refractivity contribution in [2.24, 2.45) is 7.05 Å². The van der Waals surface area contributed by atoms with Crippen molar-refractivity contribution >= 4 is 32.7 Å². The molecule has 0 bridgehead atoms. The van der Waals surface area contributed by atoms with Gasteiger partial charge in [-0.15, -0.1) is 0 Å². The van der Waals surface area contributed by atoms with Crippen LogP contribution in [0.4, 0.5) is 0 Å². The second kappa shape index (κ2) is 11.8. The lowest BCUT2D eigenvalue weighted by molar-refractivity contribution is 0.978. The number of fused-ring (bicyclic) bond motifs is 3. The summed E-state index contributed by atoms with van der Waals surface area (Å²) in [5, 5.41) is 3.85. The van der Waals surface area contributed by atoms with Crippen molar-refractivity contribution in [3.8, 4) is 22.5 Å². The van der Waals surface area contributed by atoms with Crippen LogP contribution >= 0.6 is 0 Å². The fourth-order valence-corrected chi connectivity index (χ4v) is 5.24. The fourth-order valence-electron chi connectivity index (χ4n) is 5.24. The molecule has 0 aliphatic rings. The van der Waals surface area contributed by atoms with Crippen LogP contribution in [0, 0.1) is 6.92 Å². The molecule has 3 nitrogen and oxygen atoms in total. The van der Waals surface area contributed by atoms with Crippen molar-refractivity contribution in [2.75, 3.05) is 0 Å². The van der Waals surface area contributed by atoms with Gasteiger partial charge in [0.15, 0.2) is 0 Å². The molecule has 0 radical (unpaired) electrons. The summed E-state index contributed by atoms with van der Waals surface area (Å²) in [6.45, 7) is 2.07. The Bertz CT molecular complexity index is 1940. The maximum absolute atomic E-state index is 3.41. The van der Waals surface area contributed by atoms with Crippen LogP contribution in [0.25, 0.3) is 55.2 Å². The molecule has 3 aromatic heterocycles. The summed E-state index contributed by atoms with van der Waals surface area (Å²) in [5.74, 6) is 0. The van der Waals surface area contributed by atoms with Crippen molar-refractivity contribution in [1.82, 2.24) is 14.5 Å². The second-order valence-electron chi connectivity index (χ2n) is 10.2. The highest BCUT2D eigenvalue weighted by molar-refractivity contribution is 5.87. The minimum absolute atomic E-state index is 1.18. The van der Waals surface area contributed by atoms with Crippen LogP contribution in [0.2, 0.25) is 0 Å². The lowest BCUT2D eigenvalue weighted by atomic mass is 10.1. The summed E-state index contributed by atoms with van der Waals surface area (Å²) in [7, 11) is 2.12. The van der Waals surface area contributed by atoms with Crippen molar-refractivity contribution < 1.29 is 0 Å². The maximum Gasteiger partial charge on any atom is 0.0488 e. The van der Waals surface area contributed by atoms with Crippen molar-refractivity contribution in [2.45, 2.75) is 6.92 Å².